The van der Waals surface area contributed by atoms with Crippen molar-refractivity contribution in [2.75, 3.05) is 125 Å². The normalized spacial score (nSPS) is 11.6. The molecule has 2 N–H and O–H groups in total. The Morgan fingerprint density at radius 1 is 0.500 bits per heavy atom. The van der Waals surface area contributed by atoms with Crippen molar-refractivity contribution in [1.29, 1.82) is 0 Å². The standard InChI is InChI=1S/C26H51NO13/c1-26(2,3)40-25(30)27-5-7-32-9-11-34-13-15-36-17-19-38-21-23-39-22-20-37-18-16-35-14-12-33-10-8-31-6-4-24(28)29/h4-23H2,1-3H3,(H,27,30)(H,28,29). The molecule has 238 valence electrons. The highest BCUT2D eigenvalue weighted by molar-refractivity contribution is 5.67. The number of alkyl carbamates (subject to hydrolysis) is 1. The molecule has 0 fully saturated rings. The van der Waals surface area contributed by atoms with Crippen LogP contribution in [0.1, 0.15) is 27.2 Å². The van der Waals surface area contributed by atoms with Crippen LogP contribution in [-0.2, 0) is 52.2 Å². The summed E-state index contributed by atoms with van der Waals surface area (Å²) in [5.41, 5.74) is -0.514. The fourth-order valence-corrected chi connectivity index (χ4v) is 2.56. The molecule has 0 rings (SSSR count). The van der Waals surface area contributed by atoms with E-state index >= 15 is 0 Å². The second-order valence-electron chi connectivity index (χ2n) is 9.08. The number of carbonyl (C=O) groups excluding carboxylic acids is 1. The topological polar surface area (TPSA) is 159 Å². The Morgan fingerprint density at radius 2 is 0.775 bits per heavy atom. The van der Waals surface area contributed by atoms with Crippen LogP contribution in [0.25, 0.3) is 0 Å². The van der Waals surface area contributed by atoms with E-state index in [4.69, 9.17) is 52.5 Å². The molecule has 0 bridgehead atoms. The summed E-state index contributed by atoms with van der Waals surface area (Å²) in [6.45, 7) is 13.7. The van der Waals surface area contributed by atoms with E-state index < -0.39 is 17.7 Å². The van der Waals surface area contributed by atoms with Crippen LogP contribution in [0, 0.1) is 0 Å². The minimum atomic E-state index is -0.877. The summed E-state index contributed by atoms with van der Waals surface area (Å²) in [7, 11) is 0. The summed E-state index contributed by atoms with van der Waals surface area (Å²) in [5.74, 6) is -0.877. The molecule has 0 spiro atoms. The third-order valence-electron chi connectivity index (χ3n) is 4.35. The molecular formula is C26H51NO13. The Labute approximate surface area is 238 Å². The molecule has 0 aliphatic carbocycles. The zero-order valence-corrected chi connectivity index (χ0v) is 24.5. The molecule has 0 radical (unpaired) electrons. The van der Waals surface area contributed by atoms with Gasteiger partial charge in [-0.2, -0.15) is 0 Å². The van der Waals surface area contributed by atoms with Gasteiger partial charge in [-0.15, -0.1) is 0 Å². The largest absolute Gasteiger partial charge is 0.481 e. The van der Waals surface area contributed by atoms with Crippen molar-refractivity contribution in [3.8, 4) is 0 Å². The average Bonchev–Trinajstić information content (AvgIpc) is 2.88. The Kier molecular flexibility index (Phi) is 27.7. The number of carboxylic acid groups (broad SMARTS) is 1. The maximum atomic E-state index is 11.5. The molecule has 0 unspecified atom stereocenters. The van der Waals surface area contributed by atoms with Gasteiger partial charge in [-0.1, -0.05) is 0 Å². The van der Waals surface area contributed by atoms with Crippen LogP contribution in [0.5, 0.6) is 0 Å². The summed E-state index contributed by atoms with van der Waals surface area (Å²) in [6, 6.07) is 0. The molecule has 0 saturated heterocycles. The maximum absolute atomic E-state index is 11.5. The smallest absolute Gasteiger partial charge is 0.407 e. The fourth-order valence-electron chi connectivity index (χ4n) is 2.56. The van der Waals surface area contributed by atoms with Gasteiger partial charge < -0.3 is 57.8 Å². The molecule has 1 amide bonds. The third kappa shape index (κ3) is 34.4. The number of aliphatic carboxylic acids is 1. The highest BCUT2D eigenvalue weighted by atomic mass is 16.6. The van der Waals surface area contributed by atoms with E-state index in [0.717, 1.165) is 0 Å². The second-order valence-corrected chi connectivity index (χ2v) is 9.08. The van der Waals surface area contributed by atoms with Gasteiger partial charge in [-0.05, 0) is 20.8 Å². The lowest BCUT2D eigenvalue weighted by Crippen LogP contribution is -2.34. The summed E-state index contributed by atoms with van der Waals surface area (Å²) in [6.07, 6.45) is -0.462. The number of nitrogens with one attached hydrogen (secondary N) is 1. The van der Waals surface area contributed by atoms with Crippen LogP contribution < -0.4 is 5.32 Å². The van der Waals surface area contributed by atoms with Crippen LogP contribution >= 0.6 is 0 Å². The molecule has 0 heterocycles. The highest BCUT2D eigenvalue weighted by Gasteiger charge is 2.15. The van der Waals surface area contributed by atoms with E-state index in [1.807, 2.05) is 20.8 Å². The molecule has 14 heteroatoms. The lowest BCUT2D eigenvalue weighted by molar-refractivity contribution is -0.138. The molecule has 0 atom stereocenters. The first-order valence-corrected chi connectivity index (χ1v) is 13.7. The van der Waals surface area contributed by atoms with Gasteiger partial charge in [0.25, 0.3) is 0 Å². The van der Waals surface area contributed by atoms with E-state index in [9.17, 15) is 9.59 Å². The van der Waals surface area contributed by atoms with Crippen molar-refractivity contribution in [1.82, 2.24) is 5.32 Å². The Bertz CT molecular complexity index is 575. The first-order chi connectivity index (χ1) is 19.3. The highest BCUT2D eigenvalue weighted by Crippen LogP contribution is 2.06. The summed E-state index contributed by atoms with van der Waals surface area (Å²) in [5, 5.41) is 11.1. The van der Waals surface area contributed by atoms with Crippen molar-refractivity contribution in [2.45, 2.75) is 32.8 Å². The molecular weight excluding hydrogens is 534 g/mol. The fraction of sp³-hybridized carbons (Fsp3) is 0.923. The summed E-state index contributed by atoms with van der Waals surface area (Å²) in [4.78, 5) is 21.8. The van der Waals surface area contributed by atoms with Gasteiger partial charge in [-0.25, -0.2) is 4.79 Å². The maximum Gasteiger partial charge on any atom is 0.407 e. The Balaban J connectivity index is 3.10. The zero-order valence-electron chi connectivity index (χ0n) is 24.5. The van der Waals surface area contributed by atoms with Gasteiger partial charge in [-0.3, -0.25) is 4.79 Å². The van der Waals surface area contributed by atoms with Crippen molar-refractivity contribution in [2.24, 2.45) is 0 Å². The number of ether oxygens (including phenoxy) is 10. The number of hydrogen-bond donors (Lipinski definition) is 2. The van der Waals surface area contributed by atoms with Gasteiger partial charge in [0.1, 0.15) is 5.60 Å². The summed E-state index contributed by atoms with van der Waals surface area (Å²) < 4.78 is 53.4. The molecule has 0 saturated carbocycles. The molecule has 40 heavy (non-hydrogen) atoms. The van der Waals surface area contributed by atoms with Crippen LogP contribution in [-0.4, -0.2) is 148 Å². The van der Waals surface area contributed by atoms with E-state index in [0.29, 0.717) is 119 Å². The van der Waals surface area contributed by atoms with E-state index in [1.54, 1.807) is 0 Å². The lowest BCUT2D eigenvalue weighted by atomic mass is 10.2. The van der Waals surface area contributed by atoms with Crippen molar-refractivity contribution < 1.29 is 62.1 Å². The number of rotatable bonds is 30. The van der Waals surface area contributed by atoms with Gasteiger partial charge in [0, 0.05) is 6.54 Å². The number of amides is 1. The summed E-state index contributed by atoms with van der Waals surface area (Å²) >= 11 is 0. The van der Waals surface area contributed by atoms with E-state index in [2.05, 4.69) is 5.32 Å². The minimum Gasteiger partial charge on any atom is -0.481 e. The van der Waals surface area contributed by atoms with Crippen LogP contribution in [0.2, 0.25) is 0 Å². The Morgan fingerprint density at radius 3 is 1.05 bits per heavy atom. The predicted molar refractivity (Wildman–Crippen MR) is 144 cm³/mol. The van der Waals surface area contributed by atoms with Gasteiger partial charge in [0.2, 0.25) is 0 Å². The monoisotopic (exact) mass is 585 g/mol. The molecule has 0 aliphatic rings. The van der Waals surface area contributed by atoms with Crippen LogP contribution in [0.4, 0.5) is 4.79 Å². The van der Waals surface area contributed by atoms with Gasteiger partial charge >= 0.3 is 12.1 Å². The predicted octanol–water partition coefficient (Wildman–Crippen LogP) is 1.14. The number of hydrogen-bond acceptors (Lipinski definition) is 12. The van der Waals surface area contributed by atoms with Crippen LogP contribution in [0.3, 0.4) is 0 Å². The number of carboxylic acids is 1. The van der Waals surface area contributed by atoms with Crippen molar-refractivity contribution in [3.63, 3.8) is 0 Å². The molecule has 14 nitrogen and oxygen atoms in total. The van der Waals surface area contributed by atoms with Gasteiger partial charge in [0.15, 0.2) is 0 Å². The van der Waals surface area contributed by atoms with Crippen LogP contribution in [0.15, 0.2) is 0 Å². The van der Waals surface area contributed by atoms with Crippen molar-refractivity contribution >= 4 is 12.1 Å². The molecule has 0 aliphatic heterocycles. The van der Waals surface area contributed by atoms with Crippen molar-refractivity contribution in [3.05, 3.63) is 0 Å². The average molecular weight is 586 g/mol. The second kappa shape index (κ2) is 28.9. The van der Waals surface area contributed by atoms with E-state index in [1.165, 1.54) is 0 Å². The lowest BCUT2D eigenvalue weighted by Gasteiger charge is -2.19. The first-order valence-electron chi connectivity index (χ1n) is 13.7. The first kappa shape index (κ1) is 38.4. The molecule has 0 aromatic carbocycles. The van der Waals surface area contributed by atoms with E-state index in [-0.39, 0.29) is 13.0 Å². The molecule has 0 aromatic heterocycles. The molecule has 0 aromatic rings. The minimum absolute atomic E-state index is 0.00463. The SMILES string of the molecule is CC(C)(C)OC(=O)NCCOCCOCCOCCOCCOCCOCCOCCOCCOCCC(=O)O. The zero-order chi connectivity index (χ0) is 29.6. The third-order valence-corrected chi connectivity index (χ3v) is 4.35. The number of carbonyl (C=O) groups is 2. The van der Waals surface area contributed by atoms with Gasteiger partial charge in [0.05, 0.1) is 125 Å². The Hall–Kier alpha value is -1.62. The quantitative estimate of drug-likeness (QED) is 0.116.